The van der Waals surface area contributed by atoms with Gasteiger partial charge in [0.2, 0.25) is 0 Å². The third-order valence-electron chi connectivity index (χ3n) is 5.41. The highest BCUT2D eigenvalue weighted by Crippen LogP contribution is 2.30. The fraction of sp³-hybridized carbons (Fsp3) is 0.148. The molecule has 4 nitrogen and oxygen atoms in total. The lowest BCUT2D eigenvalue weighted by Gasteiger charge is -2.12. The van der Waals surface area contributed by atoms with Crippen LogP contribution in [-0.2, 0) is 11.4 Å². The predicted octanol–water partition coefficient (Wildman–Crippen LogP) is 6.54. The molecule has 0 bridgehead atoms. The van der Waals surface area contributed by atoms with Crippen molar-refractivity contribution >= 4 is 5.71 Å². The molecule has 1 heterocycles. The zero-order chi connectivity index (χ0) is 22.5. The quantitative estimate of drug-likeness (QED) is 0.247. The lowest BCUT2D eigenvalue weighted by Crippen LogP contribution is -2.02. The van der Waals surface area contributed by atoms with Gasteiger partial charge in [0, 0.05) is 22.5 Å². The average molecular weight is 429 g/mol. The van der Waals surface area contributed by atoms with Gasteiger partial charge in [0.15, 0.2) is 0 Å². The molecule has 0 saturated carbocycles. The molecule has 32 heavy (non-hydrogen) atoms. The Morgan fingerprint density at radius 2 is 1.62 bits per heavy atom. The molecular formula is C27H25FN2O2. The number of methoxy groups -OCH3 is 1. The van der Waals surface area contributed by atoms with E-state index in [9.17, 15) is 4.39 Å². The second kappa shape index (κ2) is 9.52. The average Bonchev–Trinajstić information content (AvgIpc) is 3.17. The van der Waals surface area contributed by atoms with Crippen molar-refractivity contribution in [2.24, 2.45) is 5.16 Å². The SMILES string of the molecule is COc1ccccc1CO/N=C(/C)c1cc(-c2ccc(F)cc2)n(-c2ccccc2)c1C. The first-order valence-electron chi connectivity index (χ1n) is 10.4. The molecule has 0 spiro atoms. The molecule has 162 valence electrons. The van der Waals surface area contributed by atoms with Crippen molar-refractivity contribution in [3.63, 3.8) is 0 Å². The molecule has 0 N–H and O–H groups in total. The third-order valence-corrected chi connectivity index (χ3v) is 5.41. The molecule has 3 aromatic carbocycles. The van der Waals surface area contributed by atoms with E-state index in [1.807, 2.05) is 49.4 Å². The molecule has 5 heteroatoms. The van der Waals surface area contributed by atoms with E-state index in [2.05, 4.69) is 34.8 Å². The van der Waals surface area contributed by atoms with Gasteiger partial charge >= 0.3 is 0 Å². The Morgan fingerprint density at radius 1 is 0.938 bits per heavy atom. The van der Waals surface area contributed by atoms with Gasteiger partial charge < -0.3 is 14.1 Å². The minimum Gasteiger partial charge on any atom is -0.496 e. The van der Waals surface area contributed by atoms with Crippen molar-refractivity contribution in [2.45, 2.75) is 20.5 Å². The monoisotopic (exact) mass is 428 g/mol. The van der Waals surface area contributed by atoms with Crippen LogP contribution in [0.2, 0.25) is 0 Å². The van der Waals surface area contributed by atoms with Crippen molar-refractivity contribution in [2.75, 3.05) is 7.11 Å². The van der Waals surface area contributed by atoms with Crippen LogP contribution in [0, 0.1) is 12.7 Å². The maximum Gasteiger partial charge on any atom is 0.145 e. The van der Waals surface area contributed by atoms with Crippen molar-refractivity contribution in [3.8, 4) is 22.7 Å². The summed E-state index contributed by atoms with van der Waals surface area (Å²) in [5.74, 6) is 0.511. The van der Waals surface area contributed by atoms with E-state index in [0.29, 0.717) is 6.61 Å². The van der Waals surface area contributed by atoms with Crippen molar-refractivity contribution in [1.82, 2.24) is 4.57 Å². The summed E-state index contributed by atoms with van der Waals surface area (Å²) in [6, 6.07) is 26.4. The highest BCUT2D eigenvalue weighted by atomic mass is 19.1. The molecule has 4 aromatic rings. The van der Waals surface area contributed by atoms with Gasteiger partial charge in [0.25, 0.3) is 0 Å². The number of oxime groups is 1. The molecule has 0 aliphatic carbocycles. The topological polar surface area (TPSA) is 35.8 Å². The molecule has 0 saturated heterocycles. The van der Waals surface area contributed by atoms with Crippen LogP contribution in [-0.4, -0.2) is 17.4 Å². The number of rotatable bonds is 7. The molecule has 0 fully saturated rings. The zero-order valence-electron chi connectivity index (χ0n) is 18.4. The minimum atomic E-state index is -0.258. The highest BCUT2D eigenvalue weighted by Gasteiger charge is 2.17. The number of aromatic nitrogens is 1. The van der Waals surface area contributed by atoms with Crippen LogP contribution in [0.15, 0.2) is 90.1 Å². The Kier molecular flexibility index (Phi) is 6.36. The zero-order valence-corrected chi connectivity index (χ0v) is 18.4. The van der Waals surface area contributed by atoms with Crippen LogP contribution in [0.1, 0.15) is 23.7 Å². The van der Waals surface area contributed by atoms with Crippen LogP contribution in [0.3, 0.4) is 0 Å². The second-order valence-corrected chi connectivity index (χ2v) is 7.47. The number of nitrogens with zero attached hydrogens (tertiary/aromatic N) is 2. The number of ether oxygens (including phenoxy) is 1. The van der Waals surface area contributed by atoms with E-state index in [0.717, 1.165) is 45.2 Å². The molecule has 0 amide bonds. The standard InChI is InChI=1S/C27H25FN2O2/c1-19(29-32-18-22-9-7-8-12-27(22)31-3)25-17-26(21-13-15-23(28)16-14-21)30(20(25)2)24-10-5-4-6-11-24/h4-17H,18H2,1-3H3/b29-19-. The maximum absolute atomic E-state index is 13.5. The largest absolute Gasteiger partial charge is 0.496 e. The lowest BCUT2D eigenvalue weighted by atomic mass is 10.1. The molecule has 0 radical (unpaired) electrons. The number of benzene rings is 3. The Balaban J connectivity index is 1.69. The number of hydrogen-bond donors (Lipinski definition) is 0. The van der Waals surface area contributed by atoms with Gasteiger partial charge in [0.1, 0.15) is 18.2 Å². The summed E-state index contributed by atoms with van der Waals surface area (Å²) in [7, 11) is 1.64. The molecule has 0 unspecified atom stereocenters. The first-order chi connectivity index (χ1) is 15.6. The van der Waals surface area contributed by atoms with Crippen molar-refractivity contribution in [1.29, 1.82) is 0 Å². The summed E-state index contributed by atoms with van der Waals surface area (Å²) in [6.45, 7) is 4.29. The first-order valence-corrected chi connectivity index (χ1v) is 10.4. The van der Waals surface area contributed by atoms with Gasteiger partial charge in [-0.25, -0.2) is 4.39 Å². The van der Waals surface area contributed by atoms with Gasteiger partial charge in [-0.1, -0.05) is 41.6 Å². The molecule has 1 aromatic heterocycles. The van der Waals surface area contributed by atoms with E-state index < -0.39 is 0 Å². The summed E-state index contributed by atoms with van der Waals surface area (Å²) < 4.78 is 21.0. The Labute approximate surface area is 187 Å². The molecule has 4 rings (SSSR count). The normalized spacial score (nSPS) is 11.4. The molecule has 0 aliphatic heterocycles. The summed E-state index contributed by atoms with van der Waals surface area (Å²) in [4.78, 5) is 5.66. The van der Waals surface area contributed by atoms with E-state index >= 15 is 0 Å². The van der Waals surface area contributed by atoms with Gasteiger partial charge in [-0.2, -0.15) is 0 Å². The second-order valence-electron chi connectivity index (χ2n) is 7.47. The Morgan fingerprint density at radius 3 is 2.34 bits per heavy atom. The predicted molar refractivity (Wildman–Crippen MR) is 126 cm³/mol. The summed E-state index contributed by atoms with van der Waals surface area (Å²) in [5.41, 5.74) is 6.59. The number of para-hydroxylation sites is 2. The Hall–Kier alpha value is -3.86. The first kappa shape index (κ1) is 21.4. The van der Waals surface area contributed by atoms with E-state index in [4.69, 9.17) is 9.57 Å². The fourth-order valence-corrected chi connectivity index (χ4v) is 3.79. The highest BCUT2D eigenvalue weighted by molar-refractivity contribution is 6.01. The minimum absolute atomic E-state index is 0.258. The van der Waals surface area contributed by atoms with E-state index in [1.165, 1.54) is 12.1 Å². The van der Waals surface area contributed by atoms with Crippen LogP contribution in [0.25, 0.3) is 16.9 Å². The van der Waals surface area contributed by atoms with Gasteiger partial charge in [0.05, 0.1) is 18.5 Å². The van der Waals surface area contributed by atoms with Gasteiger partial charge in [-0.3, -0.25) is 0 Å². The smallest absolute Gasteiger partial charge is 0.145 e. The summed E-state index contributed by atoms with van der Waals surface area (Å²) in [6.07, 6.45) is 0. The fourth-order valence-electron chi connectivity index (χ4n) is 3.79. The number of halogens is 1. The van der Waals surface area contributed by atoms with Crippen LogP contribution in [0.4, 0.5) is 4.39 Å². The van der Waals surface area contributed by atoms with Gasteiger partial charge in [-0.05, 0) is 67.9 Å². The lowest BCUT2D eigenvalue weighted by molar-refractivity contribution is 0.128. The van der Waals surface area contributed by atoms with Crippen molar-refractivity contribution in [3.05, 3.63) is 108 Å². The maximum atomic E-state index is 13.5. The third kappa shape index (κ3) is 4.42. The van der Waals surface area contributed by atoms with Crippen LogP contribution >= 0.6 is 0 Å². The van der Waals surface area contributed by atoms with E-state index in [1.54, 1.807) is 19.2 Å². The Bertz CT molecular complexity index is 1230. The van der Waals surface area contributed by atoms with Crippen LogP contribution in [0.5, 0.6) is 5.75 Å². The molecule has 0 atom stereocenters. The van der Waals surface area contributed by atoms with Gasteiger partial charge in [-0.15, -0.1) is 0 Å². The van der Waals surface area contributed by atoms with Crippen LogP contribution < -0.4 is 4.74 Å². The number of hydrogen-bond acceptors (Lipinski definition) is 3. The summed E-state index contributed by atoms with van der Waals surface area (Å²) >= 11 is 0. The molecular weight excluding hydrogens is 403 g/mol. The van der Waals surface area contributed by atoms with E-state index in [-0.39, 0.29) is 5.82 Å². The molecule has 0 aliphatic rings. The van der Waals surface area contributed by atoms with Crippen molar-refractivity contribution < 1.29 is 14.0 Å². The summed E-state index contributed by atoms with van der Waals surface area (Å²) in [5, 5.41) is 4.37.